The van der Waals surface area contributed by atoms with Gasteiger partial charge in [-0.05, 0) is 30.7 Å². The Labute approximate surface area is 156 Å². The molecule has 0 amide bonds. The van der Waals surface area contributed by atoms with Crippen LogP contribution in [0.15, 0.2) is 24.3 Å². The van der Waals surface area contributed by atoms with Crippen molar-refractivity contribution in [3.63, 3.8) is 0 Å². The third kappa shape index (κ3) is 4.08. The Morgan fingerprint density at radius 1 is 1.40 bits per heavy atom. The van der Waals surface area contributed by atoms with E-state index in [0.29, 0.717) is 24.6 Å². The lowest BCUT2D eigenvalue weighted by Crippen LogP contribution is -2.36. The molecule has 1 aromatic heterocycles. The summed E-state index contributed by atoms with van der Waals surface area (Å²) in [6, 6.07) is 7.76. The summed E-state index contributed by atoms with van der Waals surface area (Å²) in [5, 5.41) is 4.19. The predicted molar refractivity (Wildman–Crippen MR) is 102 cm³/mol. The molecule has 134 valence electrons. The van der Waals surface area contributed by atoms with Gasteiger partial charge in [-0.2, -0.15) is 0 Å². The van der Waals surface area contributed by atoms with E-state index >= 15 is 0 Å². The zero-order chi connectivity index (χ0) is 17.8. The van der Waals surface area contributed by atoms with Crippen molar-refractivity contribution in [3.05, 3.63) is 44.6 Å². The third-order valence-corrected chi connectivity index (χ3v) is 5.57. The summed E-state index contributed by atoms with van der Waals surface area (Å²) in [4.78, 5) is 15.7. The van der Waals surface area contributed by atoms with Gasteiger partial charge in [0.25, 0.3) is 0 Å². The Hall–Kier alpha value is -1.76. The molecule has 1 saturated heterocycles. The number of carbonyl (C=O) groups is 1. The van der Waals surface area contributed by atoms with E-state index in [-0.39, 0.29) is 5.97 Å². The van der Waals surface area contributed by atoms with E-state index in [4.69, 9.17) is 21.1 Å². The van der Waals surface area contributed by atoms with Crippen molar-refractivity contribution in [1.29, 1.82) is 0 Å². The third-order valence-electron chi connectivity index (χ3n) is 4.19. The van der Waals surface area contributed by atoms with Crippen LogP contribution in [0.5, 0.6) is 0 Å². The minimum absolute atomic E-state index is 0.295. The predicted octanol–water partition coefficient (Wildman–Crippen LogP) is 3.95. The van der Waals surface area contributed by atoms with Gasteiger partial charge in [-0.15, -0.1) is 11.3 Å². The first-order valence-corrected chi connectivity index (χ1v) is 9.32. The number of morpholine rings is 1. The van der Waals surface area contributed by atoms with Gasteiger partial charge < -0.3 is 19.7 Å². The molecule has 7 heteroatoms. The number of nitrogens with zero attached hydrogens (tertiary/aromatic N) is 1. The molecule has 0 aliphatic carbocycles. The van der Waals surface area contributed by atoms with E-state index in [0.717, 1.165) is 39.9 Å². The minimum Gasteiger partial charge on any atom is -0.465 e. The number of benzene rings is 1. The van der Waals surface area contributed by atoms with Gasteiger partial charge in [-0.1, -0.05) is 17.7 Å². The van der Waals surface area contributed by atoms with Gasteiger partial charge in [0.05, 0.1) is 36.7 Å². The Kier molecular flexibility index (Phi) is 5.83. The van der Waals surface area contributed by atoms with Crippen LogP contribution in [0.3, 0.4) is 0 Å². The molecule has 1 N–H and O–H groups in total. The summed E-state index contributed by atoms with van der Waals surface area (Å²) >= 11 is 7.91. The molecule has 3 rings (SSSR count). The summed E-state index contributed by atoms with van der Waals surface area (Å²) in [6.45, 7) is 5.68. The molecule has 1 aliphatic heterocycles. The number of thiophene rings is 1. The van der Waals surface area contributed by atoms with Crippen LogP contribution in [-0.4, -0.2) is 39.4 Å². The van der Waals surface area contributed by atoms with Crippen LogP contribution >= 0.6 is 22.9 Å². The van der Waals surface area contributed by atoms with Crippen molar-refractivity contribution in [2.24, 2.45) is 0 Å². The highest BCUT2D eigenvalue weighted by Crippen LogP contribution is 2.35. The highest BCUT2D eigenvalue weighted by atomic mass is 35.5. The number of hydrogen-bond acceptors (Lipinski definition) is 6. The molecule has 1 aliphatic rings. The fourth-order valence-electron chi connectivity index (χ4n) is 2.85. The molecule has 0 spiro atoms. The van der Waals surface area contributed by atoms with Crippen molar-refractivity contribution in [1.82, 2.24) is 0 Å². The Bertz CT molecular complexity index is 757. The topological polar surface area (TPSA) is 50.8 Å². The van der Waals surface area contributed by atoms with E-state index in [1.807, 2.05) is 31.2 Å². The Morgan fingerprint density at radius 3 is 2.88 bits per heavy atom. The number of anilines is 2. The van der Waals surface area contributed by atoms with Crippen LogP contribution in [0.1, 0.15) is 20.1 Å². The van der Waals surface area contributed by atoms with E-state index in [1.54, 1.807) is 0 Å². The molecule has 0 saturated carbocycles. The number of para-hydroxylation sites is 1. The van der Waals surface area contributed by atoms with Crippen LogP contribution in [0.25, 0.3) is 0 Å². The zero-order valence-electron chi connectivity index (χ0n) is 14.3. The second kappa shape index (κ2) is 8.08. The van der Waals surface area contributed by atoms with Gasteiger partial charge in [0.1, 0.15) is 4.88 Å². The van der Waals surface area contributed by atoms with Gasteiger partial charge in [-0.25, -0.2) is 4.79 Å². The molecule has 0 radical (unpaired) electrons. The summed E-state index contributed by atoms with van der Waals surface area (Å²) in [7, 11) is 1.40. The molecule has 0 bridgehead atoms. The molecule has 0 atom stereocenters. The van der Waals surface area contributed by atoms with Gasteiger partial charge in [0, 0.05) is 24.5 Å². The van der Waals surface area contributed by atoms with Gasteiger partial charge in [0.15, 0.2) is 0 Å². The smallest absolute Gasteiger partial charge is 0.348 e. The van der Waals surface area contributed by atoms with Crippen molar-refractivity contribution in [2.45, 2.75) is 13.5 Å². The Morgan fingerprint density at radius 2 is 2.16 bits per heavy atom. The summed E-state index contributed by atoms with van der Waals surface area (Å²) in [5.41, 5.74) is 3.08. The number of hydrogen-bond donors (Lipinski definition) is 1. The number of rotatable bonds is 5. The van der Waals surface area contributed by atoms with Crippen molar-refractivity contribution >= 4 is 40.3 Å². The largest absolute Gasteiger partial charge is 0.465 e. The SMILES string of the molecule is COC(=O)c1cc(CNc2cccc(Cl)c2N2CCOCC2)c(C)s1. The molecule has 2 heterocycles. The summed E-state index contributed by atoms with van der Waals surface area (Å²) < 4.78 is 10.2. The number of halogens is 1. The maximum atomic E-state index is 11.7. The molecular weight excluding hydrogens is 360 g/mol. The first-order chi connectivity index (χ1) is 12.1. The summed E-state index contributed by atoms with van der Waals surface area (Å²) in [5.74, 6) is -0.295. The standard InChI is InChI=1S/C18H21ClN2O3S/c1-12-13(10-16(25-12)18(22)23-2)11-20-15-5-3-4-14(19)17(15)21-6-8-24-9-7-21/h3-5,10,20H,6-9,11H2,1-2H3. The second-order valence-corrected chi connectivity index (χ2v) is 7.44. The second-order valence-electron chi connectivity index (χ2n) is 5.77. The summed E-state index contributed by atoms with van der Waals surface area (Å²) in [6.07, 6.45) is 0. The number of nitrogens with one attached hydrogen (secondary N) is 1. The molecular formula is C18H21ClN2O3S. The van der Waals surface area contributed by atoms with E-state index in [2.05, 4.69) is 10.2 Å². The fraction of sp³-hybridized carbons (Fsp3) is 0.389. The van der Waals surface area contributed by atoms with Crippen LogP contribution < -0.4 is 10.2 Å². The monoisotopic (exact) mass is 380 g/mol. The molecule has 1 aromatic carbocycles. The van der Waals surface area contributed by atoms with Gasteiger partial charge in [-0.3, -0.25) is 0 Å². The van der Waals surface area contributed by atoms with E-state index in [9.17, 15) is 4.79 Å². The molecule has 25 heavy (non-hydrogen) atoms. The first kappa shape index (κ1) is 18.0. The van der Waals surface area contributed by atoms with E-state index in [1.165, 1.54) is 18.4 Å². The highest BCUT2D eigenvalue weighted by Gasteiger charge is 2.18. The molecule has 2 aromatic rings. The minimum atomic E-state index is -0.295. The average Bonchev–Trinajstić information content (AvgIpc) is 3.01. The number of esters is 1. The fourth-order valence-corrected chi connectivity index (χ4v) is 4.11. The van der Waals surface area contributed by atoms with Gasteiger partial charge >= 0.3 is 5.97 Å². The first-order valence-electron chi connectivity index (χ1n) is 8.13. The van der Waals surface area contributed by atoms with E-state index < -0.39 is 0 Å². The lowest BCUT2D eigenvalue weighted by atomic mass is 10.2. The van der Waals surface area contributed by atoms with Crippen molar-refractivity contribution < 1.29 is 14.3 Å². The normalized spacial score (nSPS) is 14.4. The van der Waals surface area contributed by atoms with Crippen molar-refractivity contribution in [3.8, 4) is 0 Å². The van der Waals surface area contributed by atoms with Crippen LogP contribution in [-0.2, 0) is 16.0 Å². The maximum absolute atomic E-state index is 11.7. The lowest BCUT2D eigenvalue weighted by Gasteiger charge is -2.31. The number of methoxy groups -OCH3 is 1. The molecule has 0 unspecified atom stereocenters. The van der Waals surface area contributed by atoms with Crippen molar-refractivity contribution in [2.75, 3.05) is 43.6 Å². The highest BCUT2D eigenvalue weighted by molar-refractivity contribution is 7.14. The molecule has 1 fully saturated rings. The van der Waals surface area contributed by atoms with Crippen LogP contribution in [0.2, 0.25) is 5.02 Å². The lowest BCUT2D eigenvalue weighted by molar-refractivity contribution is 0.0606. The number of carbonyl (C=O) groups excluding carboxylic acids is 1. The maximum Gasteiger partial charge on any atom is 0.348 e. The molecule has 5 nitrogen and oxygen atoms in total. The average molecular weight is 381 g/mol. The van der Waals surface area contributed by atoms with Gasteiger partial charge in [0.2, 0.25) is 0 Å². The number of ether oxygens (including phenoxy) is 2. The number of aryl methyl sites for hydroxylation is 1. The van der Waals surface area contributed by atoms with Crippen LogP contribution in [0.4, 0.5) is 11.4 Å². The van der Waals surface area contributed by atoms with Crippen LogP contribution in [0, 0.1) is 6.92 Å². The Balaban J connectivity index is 1.78. The quantitative estimate of drug-likeness (QED) is 0.796. The zero-order valence-corrected chi connectivity index (χ0v) is 15.9.